The maximum absolute atomic E-state index is 12.1. The molecule has 2 heterocycles. The predicted octanol–water partition coefficient (Wildman–Crippen LogP) is 4.74. The first-order valence-corrected chi connectivity index (χ1v) is 10.1. The molecule has 2 aromatic heterocycles. The number of unbranched alkanes of at least 4 members (excludes halogenated alkanes) is 1. The Bertz CT molecular complexity index is 1170. The van der Waals surface area contributed by atoms with E-state index in [1.807, 2.05) is 18.2 Å². The number of para-hydroxylation sites is 1. The third kappa shape index (κ3) is 4.28. The Morgan fingerprint density at radius 2 is 1.90 bits per heavy atom. The zero-order valence-corrected chi connectivity index (χ0v) is 17.0. The summed E-state index contributed by atoms with van der Waals surface area (Å²) in [6.45, 7) is 0.531. The maximum Gasteiger partial charge on any atom is 0.255 e. The molecule has 4 rings (SSSR count). The minimum Gasteiger partial charge on any atom is -0.507 e. The van der Waals surface area contributed by atoms with Crippen molar-refractivity contribution in [2.24, 2.45) is 0 Å². The molecule has 6 nitrogen and oxygen atoms in total. The van der Waals surface area contributed by atoms with Crippen LogP contribution in [-0.2, 0) is 6.42 Å². The highest BCUT2D eigenvalue weighted by Gasteiger charge is 2.12. The number of carbonyl (C=O) groups is 1. The van der Waals surface area contributed by atoms with Gasteiger partial charge >= 0.3 is 0 Å². The second-order valence-electron chi connectivity index (χ2n) is 7.01. The molecule has 0 aliphatic carbocycles. The summed E-state index contributed by atoms with van der Waals surface area (Å²) in [7, 11) is 0. The highest BCUT2D eigenvalue weighted by molar-refractivity contribution is 6.34. The quantitative estimate of drug-likeness (QED) is 0.377. The zero-order valence-electron chi connectivity index (χ0n) is 16.2. The highest BCUT2D eigenvalue weighted by Crippen LogP contribution is 2.32. The van der Waals surface area contributed by atoms with E-state index in [2.05, 4.69) is 26.6 Å². The molecule has 152 valence electrons. The average molecular weight is 421 g/mol. The maximum atomic E-state index is 12.1. The van der Waals surface area contributed by atoms with Crippen LogP contribution in [0.15, 0.2) is 60.9 Å². The van der Waals surface area contributed by atoms with E-state index in [1.165, 1.54) is 6.07 Å². The van der Waals surface area contributed by atoms with Crippen molar-refractivity contribution in [3.8, 4) is 16.9 Å². The Morgan fingerprint density at radius 1 is 1.10 bits per heavy atom. The van der Waals surface area contributed by atoms with Gasteiger partial charge in [-0.1, -0.05) is 23.7 Å². The SMILES string of the molecule is O=C(NCCCCc1n[nH]c2cc(Cl)c(-c3ccncc3)cc12)c1ccccc1O. The van der Waals surface area contributed by atoms with Crippen LogP contribution >= 0.6 is 11.6 Å². The monoisotopic (exact) mass is 420 g/mol. The molecule has 0 saturated carbocycles. The number of pyridine rings is 1. The molecule has 0 spiro atoms. The second kappa shape index (κ2) is 8.97. The number of nitrogens with one attached hydrogen (secondary N) is 2. The van der Waals surface area contributed by atoms with Gasteiger partial charge in [0.2, 0.25) is 0 Å². The first kappa shape index (κ1) is 19.9. The van der Waals surface area contributed by atoms with E-state index in [0.717, 1.165) is 47.0 Å². The number of hydrogen-bond acceptors (Lipinski definition) is 4. The van der Waals surface area contributed by atoms with Crippen LogP contribution in [-0.4, -0.2) is 32.7 Å². The molecule has 2 aromatic carbocycles. The van der Waals surface area contributed by atoms with Gasteiger partial charge in [0.05, 0.1) is 21.8 Å². The largest absolute Gasteiger partial charge is 0.507 e. The number of aromatic nitrogens is 3. The van der Waals surface area contributed by atoms with Gasteiger partial charge in [0.15, 0.2) is 0 Å². The Labute approximate surface area is 178 Å². The van der Waals surface area contributed by atoms with Gasteiger partial charge in [-0.25, -0.2) is 0 Å². The number of aryl methyl sites for hydroxylation is 1. The van der Waals surface area contributed by atoms with E-state index in [-0.39, 0.29) is 17.2 Å². The lowest BCUT2D eigenvalue weighted by Crippen LogP contribution is -2.24. The molecule has 0 aliphatic heterocycles. The molecule has 30 heavy (non-hydrogen) atoms. The number of amides is 1. The number of fused-ring (bicyclic) bond motifs is 1. The molecular formula is C23H21ClN4O2. The van der Waals surface area contributed by atoms with Crippen LogP contribution in [0.25, 0.3) is 22.0 Å². The first-order valence-electron chi connectivity index (χ1n) is 9.76. The molecule has 1 amide bonds. The van der Waals surface area contributed by atoms with Crippen molar-refractivity contribution in [2.45, 2.75) is 19.3 Å². The Hall–Kier alpha value is -3.38. The molecule has 0 aliphatic rings. The van der Waals surface area contributed by atoms with Crippen molar-refractivity contribution in [3.63, 3.8) is 0 Å². The summed E-state index contributed by atoms with van der Waals surface area (Å²) in [6, 6.07) is 14.3. The molecule has 0 radical (unpaired) electrons. The Morgan fingerprint density at radius 3 is 2.70 bits per heavy atom. The molecule has 3 N–H and O–H groups in total. The van der Waals surface area contributed by atoms with Crippen LogP contribution in [0.5, 0.6) is 5.75 Å². The number of hydrogen-bond donors (Lipinski definition) is 3. The number of rotatable bonds is 7. The van der Waals surface area contributed by atoms with Gasteiger partial charge in [-0.15, -0.1) is 0 Å². The number of halogens is 1. The normalized spacial score (nSPS) is 11.0. The minimum atomic E-state index is -0.269. The van der Waals surface area contributed by atoms with Crippen LogP contribution in [0.2, 0.25) is 5.02 Å². The molecule has 0 bridgehead atoms. The number of aromatic hydroxyl groups is 1. The predicted molar refractivity (Wildman–Crippen MR) is 118 cm³/mol. The fourth-order valence-corrected chi connectivity index (χ4v) is 3.69. The van der Waals surface area contributed by atoms with Crippen LogP contribution in [0.4, 0.5) is 0 Å². The van der Waals surface area contributed by atoms with Crippen molar-refractivity contribution in [1.82, 2.24) is 20.5 Å². The smallest absolute Gasteiger partial charge is 0.255 e. The number of benzene rings is 2. The Balaban J connectivity index is 1.38. The number of phenolic OH excluding ortho intramolecular Hbond substituents is 1. The minimum absolute atomic E-state index is 0.0124. The summed E-state index contributed by atoms with van der Waals surface area (Å²) in [5, 5.41) is 21.8. The lowest BCUT2D eigenvalue weighted by molar-refractivity contribution is 0.0950. The average Bonchev–Trinajstić information content (AvgIpc) is 3.15. The van der Waals surface area contributed by atoms with Gasteiger partial charge in [0.25, 0.3) is 5.91 Å². The van der Waals surface area contributed by atoms with Gasteiger partial charge in [-0.2, -0.15) is 5.10 Å². The third-order valence-electron chi connectivity index (χ3n) is 5.00. The molecule has 0 unspecified atom stereocenters. The summed E-state index contributed by atoms with van der Waals surface area (Å²) >= 11 is 6.46. The number of H-pyrrole nitrogens is 1. The molecule has 0 fully saturated rings. The number of phenols is 1. The third-order valence-corrected chi connectivity index (χ3v) is 5.31. The molecular weight excluding hydrogens is 400 g/mol. The highest BCUT2D eigenvalue weighted by atomic mass is 35.5. The van der Waals surface area contributed by atoms with Crippen molar-refractivity contribution in [1.29, 1.82) is 0 Å². The van der Waals surface area contributed by atoms with E-state index >= 15 is 0 Å². The van der Waals surface area contributed by atoms with E-state index in [9.17, 15) is 9.90 Å². The van der Waals surface area contributed by atoms with Crippen LogP contribution in [0.3, 0.4) is 0 Å². The van der Waals surface area contributed by atoms with Crippen LogP contribution < -0.4 is 5.32 Å². The van der Waals surface area contributed by atoms with E-state index in [4.69, 9.17) is 11.6 Å². The van der Waals surface area contributed by atoms with Crippen molar-refractivity contribution >= 4 is 28.4 Å². The van der Waals surface area contributed by atoms with Crippen molar-refractivity contribution in [3.05, 3.63) is 77.2 Å². The summed E-state index contributed by atoms with van der Waals surface area (Å²) < 4.78 is 0. The number of aromatic amines is 1. The van der Waals surface area contributed by atoms with Crippen LogP contribution in [0, 0.1) is 0 Å². The molecule has 4 aromatic rings. The Kier molecular flexibility index (Phi) is 5.95. The van der Waals surface area contributed by atoms with E-state index in [0.29, 0.717) is 11.6 Å². The number of carbonyl (C=O) groups excluding carboxylic acids is 1. The van der Waals surface area contributed by atoms with E-state index in [1.54, 1.807) is 30.6 Å². The zero-order chi connectivity index (χ0) is 20.9. The van der Waals surface area contributed by atoms with Gasteiger partial charge in [0, 0.05) is 29.9 Å². The summed E-state index contributed by atoms with van der Waals surface area (Å²) in [4.78, 5) is 16.2. The van der Waals surface area contributed by atoms with Gasteiger partial charge < -0.3 is 10.4 Å². The summed E-state index contributed by atoms with van der Waals surface area (Å²) in [6.07, 6.45) is 5.95. The van der Waals surface area contributed by atoms with Gasteiger partial charge in [-0.05, 0) is 61.2 Å². The molecule has 0 atom stereocenters. The second-order valence-corrected chi connectivity index (χ2v) is 7.42. The standard InChI is InChI=1S/C23H21ClN4O2/c24-19-14-21-18(13-17(19)15-8-11-25-12-9-15)20(27-28-21)6-3-4-10-26-23(30)16-5-1-2-7-22(16)29/h1-2,5,7-9,11-14,29H,3-4,6,10H2,(H,26,30)(H,27,28). The van der Waals surface area contributed by atoms with Crippen molar-refractivity contribution < 1.29 is 9.90 Å². The summed E-state index contributed by atoms with van der Waals surface area (Å²) in [5.74, 6) is -0.281. The fourth-order valence-electron chi connectivity index (χ4n) is 3.42. The van der Waals surface area contributed by atoms with Crippen LogP contribution in [0.1, 0.15) is 28.9 Å². The summed E-state index contributed by atoms with van der Waals surface area (Å²) in [5.41, 5.74) is 4.13. The fraction of sp³-hybridized carbons (Fsp3) is 0.174. The topological polar surface area (TPSA) is 90.9 Å². The number of nitrogens with zero attached hydrogens (tertiary/aromatic N) is 2. The van der Waals surface area contributed by atoms with Crippen molar-refractivity contribution in [2.75, 3.05) is 6.54 Å². The molecule has 7 heteroatoms. The lowest BCUT2D eigenvalue weighted by atomic mass is 10.0. The molecule has 0 saturated heterocycles. The van der Waals surface area contributed by atoms with Gasteiger partial charge in [0.1, 0.15) is 5.75 Å². The lowest BCUT2D eigenvalue weighted by Gasteiger charge is -2.07. The first-order chi connectivity index (χ1) is 14.6. The van der Waals surface area contributed by atoms with E-state index < -0.39 is 0 Å². The van der Waals surface area contributed by atoms with Gasteiger partial charge in [-0.3, -0.25) is 14.9 Å².